The molecule has 1 saturated heterocycles. The van der Waals surface area contributed by atoms with Crippen molar-refractivity contribution in [2.45, 2.75) is 31.3 Å². The van der Waals surface area contributed by atoms with Crippen LogP contribution in [0.25, 0.3) is 0 Å². The number of fused-ring (bicyclic) bond motifs is 1. The van der Waals surface area contributed by atoms with Gasteiger partial charge >= 0.3 is 12.0 Å². The van der Waals surface area contributed by atoms with Crippen molar-refractivity contribution in [3.05, 3.63) is 60.3 Å². The lowest BCUT2D eigenvalue weighted by Gasteiger charge is -2.34. The molecule has 0 bridgehead atoms. The van der Waals surface area contributed by atoms with Gasteiger partial charge in [-0.05, 0) is 24.8 Å². The second-order valence-corrected chi connectivity index (χ2v) is 6.11. The van der Waals surface area contributed by atoms with Gasteiger partial charge in [0.05, 0.1) is 13.7 Å². The number of hydrogen-bond acceptors (Lipinski definition) is 4. The lowest BCUT2D eigenvalue weighted by Crippen LogP contribution is -2.48. The van der Waals surface area contributed by atoms with E-state index in [1.165, 1.54) is 23.0 Å². The van der Waals surface area contributed by atoms with Crippen molar-refractivity contribution in [2.24, 2.45) is 0 Å². The molecule has 3 amide bonds. The lowest BCUT2D eigenvalue weighted by molar-refractivity contribution is -0.135. The van der Waals surface area contributed by atoms with Gasteiger partial charge in [-0.2, -0.15) is 0 Å². The predicted molar refractivity (Wildman–Crippen MR) is 91.1 cm³/mol. The number of rotatable bonds is 5. The maximum atomic E-state index is 13.1. The normalized spacial score (nSPS) is 22.6. The summed E-state index contributed by atoms with van der Waals surface area (Å²) in [5.41, 5.74) is -0.0567. The molecule has 25 heavy (non-hydrogen) atoms. The minimum Gasteiger partial charge on any atom is -0.466 e. The molecule has 0 aromatic heterocycles. The summed E-state index contributed by atoms with van der Waals surface area (Å²) < 4.78 is 4.58. The van der Waals surface area contributed by atoms with Crippen molar-refractivity contribution >= 4 is 17.9 Å². The molecule has 1 fully saturated rings. The quantitative estimate of drug-likeness (QED) is 0.469. The summed E-state index contributed by atoms with van der Waals surface area (Å²) in [6.07, 6.45) is 7.99. The van der Waals surface area contributed by atoms with Gasteiger partial charge < -0.3 is 4.74 Å². The van der Waals surface area contributed by atoms with E-state index in [1.54, 1.807) is 12.3 Å². The van der Waals surface area contributed by atoms with Gasteiger partial charge in [-0.25, -0.2) is 9.59 Å². The molecule has 2 aliphatic heterocycles. The van der Waals surface area contributed by atoms with Crippen molar-refractivity contribution in [3.8, 4) is 0 Å². The molecule has 0 unspecified atom stereocenters. The number of allylic oxidation sites excluding steroid dienone is 1. The van der Waals surface area contributed by atoms with Crippen molar-refractivity contribution < 1.29 is 19.1 Å². The number of imide groups is 1. The number of hydrogen-bond donors (Lipinski definition) is 0. The first-order valence-corrected chi connectivity index (χ1v) is 8.19. The van der Waals surface area contributed by atoms with Gasteiger partial charge in [0.25, 0.3) is 5.91 Å². The third-order valence-corrected chi connectivity index (χ3v) is 4.61. The van der Waals surface area contributed by atoms with E-state index in [2.05, 4.69) is 4.74 Å². The SMILES string of the molecule is COC(=O)/C=C/C[C@]12CCC=CN1C(=O)N(Cc1ccccc1)C2=O. The molecule has 2 aliphatic rings. The van der Waals surface area contributed by atoms with Gasteiger partial charge in [0.1, 0.15) is 5.54 Å². The van der Waals surface area contributed by atoms with E-state index in [1.807, 2.05) is 36.4 Å². The van der Waals surface area contributed by atoms with E-state index in [4.69, 9.17) is 0 Å². The largest absolute Gasteiger partial charge is 0.466 e. The molecule has 1 aromatic rings. The number of esters is 1. The zero-order valence-electron chi connectivity index (χ0n) is 14.1. The van der Waals surface area contributed by atoms with Crippen LogP contribution in [0.1, 0.15) is 24.8 Å². The van der Waals surface area contributed by atoms with Crippen molar-refractivity contribution in [1.29, 1.82) is 0 Å². The van der Waals surface area contributed by atoms with Crippen molar-refractivity contribution in [2.75, 3.05) is 7.11 Å². The van der Waals surface area contributed by atoms with Gasteiger partial charge in [0, 0.05) is 12.3 Å². The van der Waals surface area contributed by atoms with Crippen LogP contribution >= 0.6 is 0 Å². The fourth-order valence-electron chi connectivity index (χ4n) is 3.30. The maximum absolute atomic E-state index is 13.1. The zero-order valence-corrected chi connectivity index (χ0v) is 14.1. The van der Waals surface area contributed by atoms with Crippen LogP contribution in [0.4, 0.5) is 4.79 Å². The molecule has 1 aromatic carbocycles. The number of benzene rings is 1. The Bertz CT molecular complexity index is 741. The fraction of sp³-hybridized carbons (Fsp3) is 0.316. The van der Waals surface area contributed by atoms with Gasteiger partial charge in [-0.1, -0.05) is 42.5 Å². The minimum absolute atomic E-state index is 0.222. The summed E-state index contributed by atoms with van der Waals surface area (Å²) in [7, 11) is 1.30. The van der Waals surface area contributed by atoms with Crippen LogP contribution in [0.3, 0.4) is 0 Å². The predicted octanol–water partition coefficient (Wildman–Crippen LogP) is 2.62. The van der Waals surface area contributed by atoms with E-state index in [-0.39, 0.29) is 24.9 Å². The molecular weight excluding hydrogens is 320 g/mol. The van der Waals surface area contributed by atoms with Crippen molar-refractivity contribution in [1.82, 2.24) is 9.80 Å². The summed E-state index contributed by atoms with van der Waals surface area (Å²) in [4.78, 5) is 40.0. The summed E-state index contributed by atoms with van der Waals surface area (Å²) in [6, 6.07) is 9.10. The average molecular weight is 340 g/mol. The first-order chi connectivity index (χ1) is 12.1. The number of urea groups is 1. The smallest absolute Gasteiger partial charge is 0.332 e. The Morgan fingerprint density at radius 2 is 2.04 bits per heavy atom. The third-order valence-electron chi connectivity index (χ3n) is 4.61. The monoisotopic (exact) mass is 340 g/mol. The zero-order chi connectivity index (χ0) is 17.9. The Kier molecular flexibility index (Phi) is 4.70. The van der Waals surface area contributed by atoms with Crippen molar-refractivity contribution in [3.63, 3.8) is 0 Å². The van der Waals surface area contributed by atoms with Crippen LogP contribution in [-0.2, 0) is 20.9 Å². The fourth-order valence-corrected chi connectivity index (χ4v) is 3.30. The molecule has 2 heterocycles. The number of methoxy groups -OCH3 is 1. The molecule has 0 aliphatic carbocycles. The van der Waals surface area contributed by atoms with Gasteiger partial charge in [-0.3, -0.25) is 14.6 Å². The number of carbonyl (C=O) groups is 3. The molecular formula is C19H20N2O4. The molecule has 3 rings (SSSR count). The van der Waals surface area contributed by atoms with Gasteiger partial charge in [-0.15, -0.1) is 0 Å². The van der Waals surface area contributed by atoms with Crippen LogP contribution < -0.4 is 0 Å². The molecule has 0 N–H and O–H groups in total. The van der Waals surface area contributed by atoms with Crippen LogP contribution in [-0.4, -0.2) is 40.4 Å². The van der Waals surface area contributed by atoms with Crippen LogP contribution in [0, 0.1) is 0 Å². The highest BCUT2D eigenvalue weighted by atomic mass is 16.5. The first kappa shape index (κ1) is 17.0. The van der Waals surface area contributed by atoms with Gasteiger partial charge in [0.2, 0.25) is 0 Å². The molecule has 6 nitrogen and oxygen atoms in total. The Balaban J connectivity index is 1.86. The van der Waals surface area contributed by atoms with Gasteiger partial charge in [0.15, 0.2) is 0 Å². The highest BCUT2D eigenvalue weighted by Crippen LogP contribution is 2.39. The molecule has 6 heteroatoms. The van der Waals surface area contributed by atoms with Crippen LogP contribution in [0.15, 0.2) is 54.8 Å². The summed E-state index contributed by atoms with van der Waals surface area (Å²) in [5, 5.41) is 0. The standard InChI is InChI=1S/C19H20N2O4/c1-25-16(22)10-7-12-19-11-5-6-13-21(19)18(24)20(17(19)23)14-15-8-3-2-4-9-15/h2-4,6-10,13H,5,11-12,14H2,1H3/b10-7+/t19-/m0/s1. The number of ether oxygens (including phenoxy) is 1. The Labute approximate surface area is 146 Å². The van der Waals surface area contributed by atoms with Crippen LogP contribution in [0.5, 0.6) is 0 Å². The second kappa shape index (κ2) is 6.93. The lowest BCUT2D eigenvalue weighted by atomic mass is 9.86. The molecule has 0 spiro atoms. The van der Waals surface area contributed by atoms with E-state index >= 15 is 0 Å². The minimum atomic E-state index is -0.953. The highest BCUT2D eigenvalue weighted by Gasteiger charge is 2.56. The summed E-state index contributed by atoms with van der Waals surface area (Å²) in [5.74, 6) is -0.701. The highest BCUT2D eigenvalue weighted by molar-refractivity contribution is 6.07. The third kappa shape index (κ3) is 3.07. The number of nitrogens with zero attached hydrogens (tertiary/aromatic N) is 2. The topological polar surface area (TPSA) is 66.9 Å². The number of carbonyl (C=O) groups excluding carboxylic acids is 3. The average Bonchev–Trinajstić information content (AvgIpc) is 2.85. The van der Waals surface area contributed by atoms with E-state index in [0.717, 1.165) is 5.56 Å². The Morgan fingerprint density at radius 3 is 2.76 bits per heavy atom. The molecule has 0 saturated carbocycles. The first-order valence-electron chi connectivity index (χ1n) is 8.19. The summed E-state index contributed by atoms with van der Waals surface area (Å²) in [6.45, 7) is 0.241. The second-order valence-electron chi connectivity index (χ2n) is 6.11. The summed E-state index contributed by atoms with van der Waals surface area (Å²) >= 11 is 0. The maximum Gasteiger partial charge on any atom is 0.332 e. The Hall–Kier alpha value is -2.89. The number of amides is 3. The van der Waals surface area contributed by atoms with Crippen LogP contribution in [0.2, 0.25) is 0 Å². The van der Waals surface area contributed by atoms with E-state index in [9.17, 15) is 14.4 Å². The molecule has 130 valence electrons. The molecule has 0 radical (unpaired) electrons. The van der Waals surface area contributed by atoms with E-state index in [0.29, 0.717) is 12.8 Å². The Morgan fingerprint density at radius 1 is 1.28 bits per heavy atom. The molecule has 1 atom stereocenters. The van der Waals surface area contributed by atoms with E-state index < -0.39 is 11.5 Å².